The molecular formula is C20H29ClN2O4S. The zero-order valence-corrected chi connectivity index (χ0v) is 18.1. The summed E-state index contributed by atoms with van der Waals surface area (Å²) in [7, 11) is -2.22. The number of piperidine rings is 1. The smallest absolute Gasteiger partial charge is 0.243 e. The van der Waals surface area contributed by atoms with E-state index in [1.165, 1.54) is 30.0 Å². The van der Waals surface area contributed by atoms with Gasteiger partial charge in [-0.3, -0.25) is 4.79 Å². The van der Waals surface area contributed by atoms with E-state index in [0.29, 0.717) is 31.1 Å². The molecule has 1 saturated carbocycles. The number of ether oxygens (including phenoxy) is 1. The number of benzene rings is 1. The van der Waals surface area contributed by atoms with Crippen molar-refractivity contribution in [3.8, 4) is 5.75 Å². The highest BCUT2D eigenvalue weighted by Gasteiger charge is 2.35. The minimum atomic E-state index is -3.71. The number of carbonyl (C=O) groups excluding carboxylic acids is 1. The summed E-state index contributed by atoms with van der Waals surface area (Å²) in [5.74, 6) is 0.568. The topological polar surface area (TPSA) is 75.7 Å². The number of carbonyl (C=O) groups is 1. The molecule has 8 heteroatoms. The Kier molecular flexibility index (Phi) is 6.89. The first-order valence-electron chi connectivity index (χ1n) is 9.97. The normalized spacial score (nSPS) is 26.6. The lowest BCUT2D eigenvalue weighted by Gasteiger charge is -2.34. The molecule has 0 bridgehead atoms. The van der Waals surface area contributed by atoms with Gasteiger partial charge in [0, 0.05) is 19.1 Å². The number of sulfonamides is 1. The van der Waals surface area contributed by atoms with E-state index in [2.05, 4.69) is 12.2 Å². The lowest BCUT2D eigenvalue weighted by Crippen LogP contribution is -2.49. The molecule has 0 radical (unpaired) electrons. The minimum absolute atomic E-state index is 0.0218. The Bertz CT molecular complexity index is 814. The Labute approximate surface area is 172 Å². The first-order chi connectivity index (χ1) is 13.3. The molecule has 2 aliphatic rings. The maximum absolute atomic E-state index is 13.0. The van der Waals surface area contributed by atoms with E-state index in [0.717, 1.165) is 19.3 Å². The molecular weight excluding hydrogens is 400 g/mol. The van der Waals surface area contributed by atoms with Crippen LogP contribution in [0.1, 0.15) is 45.4 Å². The Morgan fingerprint density at radius 1 is 1.21 bits per heavy atom. The lowest BCUT2D eigenvalue weighted by atomic mass is 9.85. The molecule has 156 valence electrons. The zero-order valence-electron chi connectivity index (χ0n) is 16.5. The molecule has 2 fully saturated rings. The first kappa shape index (κ1) is 21.4. The number of hydrogen-bond acceptors (Lipinski definition) is 4. The molecule has 1 amide bonds. The van der Waals surface area contributed by atoms with Gasteiger partial charge in [-0.05, 0) is 49.8 Å². The first-order valence-corrected chi connectivity index (χ1v) is 11.8. The van der Waals surface area contributed by atoms with Gasteiger partial charge >= 0.3 is 0 Å². The largest absolute Gasteiger partial charge is 0.495 e. The summed E-state index contributed by atoms with van der Waals surface area (Å²) >= 11 is 6.10. The second-order valence-electron chi connectivity index (χ2n) is 7.88. The molecule has 0 aromatic heterocycles. The number of nitrogens with zero attached hydrogens (tertiary/aromatic N) is 1. The van der Waals surface area contributed by atoms with Gasteiger partial charge in [0.1, 0.15) is 5.75 Å². The van der Waals surface area contributed by atoms with Crippen molar-refractivity contribution in [3.05, 3.63) is 23.2 Å². The minimum Gasteiger partial charge on any atom is -0.495 e. The predicted molar refractivity (Wildman–Crippen MR) is 109 cm³/mol. The number of nitrogens with one attached hydrogen (secondary N) is 1. The van der Waals surface area contributed by atoms with Crippen molar-refractivity contribution in [3.63, 3.8) is 0 Å². The van der Waals surface area contributed by atoms with Crippen molar-refractivity contribution in [2.45, 2.75) is 56.4 Å². The molecule has 1 aliphatic heterocycles. The standard InChI is InChI=1S/C20H29ClN2O4S/c1-14-6-3-4-8-18(14)22-20(24)15-7-5-11-23(13-15)28(25,26)16-9-10-19(27-2)17(21)12-16/h9-10,12,14-15,18H,3-8,11,13H2,1-2H3,(H,22,24)/t14-,15-,18+/m0/s1. The van der Waals surface area contributed by atoms with Crippen LogP contribution in [0, 0.1) is 11.8 Å². The summed E-state index contributed by atoms with van der Waals surface area (Å²) in [6, 6.07) is 4.65. The van der Waals surface area contributed by atoms with Crippen LogP contribution in [-0.4, -0.2) is 44.9 Å². The van der Waals surface area contributed by atoms with Crippen molar-refractivity contribution in [2.24, 2.45) is 11.8 Å². The number of amides is 1. The fraction of sp³-hybridized carbons (Fsp3) is 0.650. The van der Waals surface area contributed by atoms with Gasteiger partial charge in [-0.1, -0.05) is 31.4 Å². The third-order valence-corrected chi connectivity index (χ3v) is 8.11. The van der Waals surface area contributed by atoms with E-state index in [4.69, 9.17) is 16.3 Å². The average Bonchev–Trinajstić information content (AvgIpc) is 2.69. The van der Waals surface area contributed by atoms with Crippen LogP contribution >= 0.6 is 11.6 Å². The second kappa shape index (κ2) is 9.01. The maximum Gasteiger partial charge on any atom is 0.243 e. The van der Waals surface area contributed by atoms with Crippen molar-refractivity contribution < 1.29 is 17.9 Å². The second-order valence-corrected chi connectivity index (χ2v) is 10.2. The van der Waals surface area contributed by atoms with Crippen LogP contribution < -0.4 is 10.1 Å². The van der Waals surface area contributed by atoms with Crippen molar-refractivity contribution in [1.29, 1.82) is 0 Å². The van der Waals surface area contributed by atoms with Crippen LogP contribution in [0.25, 0.3) is 0 Å². The summed E-state index contributed by atoms with van der Waals surface area (Å²) in [6.45, 7) is 2.80. The Morgan fingerprint density at radius 2 is 1.96 bits per heavy atom. The van der Waals surface area contributed by atoms with Gasteiger partial charge in [-0.15, -0.1) is 0 Å². The summed E-state index contributed by atoms with van der Waals surface area (Å²) in [4.78, 5) is 12.9. The molecule has 6 nitrogen and oxygen atoms in total. The van der Waals surface area contributed by atoms with E-state index < -0.39 is 10.0 Å². The van der Waals surface area contributed by atoms with E-state index >= 15 is 0 Å². The van der Waals surface area contributed by atoms with Crippen LogP contribution in [0.15, 0.2) is 23.1 Å². The third-order valence-electron chi connectivity index (χ3n) is 5.96. The van der Waals surface area contributed by atoms with Crippen molar-refractivity contribution >= 4 is 27.5 Å². The number of hydrogen-bond donors (Lipinski definition) is 1. The van der Waals surface area contributed by atoms with Crippen LogP contribution in [0.2, 0.25) is 5.02 Å². The monoisotopic (exact) mass is 428 g/mol. The van der Waals surface area contributed by atoms with Gasteiger partial charge in [0.25, 0.3) is 0 Å². The van der Waals surface area contributed by atoms with E-state index in [9.17, 15) is 13.2 Å². The molecule has 28 heavy (non-hydrogen) atoms. The van der Waals surface area contributed by atoms with E-state index in [1.807, 2.05) is 0 Å². The molecule has 1 aliphatic carbocycles. The molecule has 1 heterocycles. The highest BCUT2D eigenvalue weighted by atomic mass is 35.5. The van der Waals surface area contributed by atoms with E-state index in [-0.39, 0.29) is 34.3 Å². The molecule has 3 rings (SSSR count). The molecule has 3 atom stereocenters. The summed E-state index contributed by atoms with van der Waals surface area (Å²) in [6.07, 6.45) is 5.87. The highest BCUT2D eigenvalue weighted by Crippen LogP contribution is 2.30. The number of rotatable bonds is 5. The van der Waals surface area contributed by atoms with Crippen molar-refractivity contribution in [1.82, 2.24) is 9.62 Å². The highest BCUT2D eigenvalue weighted by molar-refractivity contribution is 7.89. The van der Waals surface area contributed by atoms with Gasteiger partial charge < -0.3 is 10.1 Å². The van der Waals surface area contributed by atoms with Crippen LogP contribution in [0.3, 0.4) is 0 Å². The molecule has 0 unspecified atom stereocenters. The van der Waals surface area contributed by atoms with Crippen LogP contribution in [0.4, 0.5) is 0 Å². The van der Waals surface area contributed by atoms with E-state index in [1.54, 1.807) is 6.07 Å². The quantitative estimate of drug-likeness (QED) is 0.779. The van der Waals surface area contributed by atoms with Gasteiger partial charge in [-0.2, -0.15) is 4.31 Å². The van der Waals surface area contributed by atoms with Crippen molar-refractivity contribution in [2.75, 3.05) is 20.2 Å². The van der Waals surface area contributed by atoms with Gasteiger partial charge in [0.2, 0.25) is 15.9 Å². The molecule has 1 N–H and O–H groups in total. The van der Waals surface area contributed by atoms with Crippen LogP contribution in [-0.2, 0) is 14.8 Å². The van der Waals surface area contributed by atoms with Gasteiger partial charge in [0.15, 0.2) is 0 Å². The molecule has 1 aromatic carbocycles. The molecule has 0 spiro atoms. The third kappa shape index (κ3) is 4.63. The summed E-state index contributed by atoms with van der Waals surface area (Å²) in [5, 5.41) is 3.43. The average molecular weight is 429 g/mol. The predicted octanol–water partition coefficient (Wildman–Crippen LogP) is 3.44. The van der Waals surface area contributed by atoms with Gasteiger partial charge in [0.05, 0.1) is 22.9 Å². The number of halogens is 1. The number of methoxy groups -OCH3 is 1. The fourth-order valence-electron chi connectivity index (χ4n) is 4.16. The maximum atomic E-state index is 13.0. The fourth-order valence-corrected chi connectivity index (χ4v) is 6.04. The Morgan fingerprint density at radius 3 is 2.64 bits per heavy atom. The zero-order chi connectivity index (χ0) is 20.3. The molecule has 1 aromatic rings. The SMILES string of the molecule is COc1ccc(S(=O)(=O)N2CCC[C@H](C(=O)N[C@@H]3CCCC[C@@H]3C)C2)cc1Cl. The van der Waals surface area contributed by atoms with Gasteiger partial charge in [-0.25, -0.2) is 8.42 Å². The Hall–Kier alpha value is -1.31. The lowest BCUT2D eigenvalue weighted by molar-refractivity contribution is -0.127. The molecule has 1 saturated heterocycles. The Balaban J connectivity index is 1.69. The van der Waals surface area contributed by atoms with Crippen LogP contribution in [0.5, 0.6) is 5.75 Å². The summed E-state index contributed by atoms with van der Waals surface area (Å²) < 4.78 is 32.6. The summed E-state index contributed by atoms with van der Waals surface area (Å²) in [5.41, 5.74) is 0.